The molecule has 2 aromatic rings. The predicted octanol–water partition coefficient (Wildman–Crippen LogP) is 4.09. The molecule has 3 nitrogen and oxygen atoms in total. The molecule has 0 unspecified atom stereocenters. The van der Waals surface area contributed by atoms with Crippen LogP contribution in [-0.2, 0) is 4.79 Å². The summed E-state index contributed by atoms with van der Waals surface area (Å²) in [6.45, 7) is 3.59. The number of fused-ring (bicyclic) bond motifs is 1. The summed E-state index contributed by atoms with van der Waals surface area (Å²) in [5.74, 6) is 0.373. The van der Waals surface area contributed by atoms with E-state index in [1.165, 1.54) is 12.1 Å². The molecule has 1 heterocycles. The van der Waals surface area contributed by atoms with Crippen LogP contribution in [0.3, 0.4) is 0 Å². The summed E-state index contributed by atoms with van der Waals surface area (Å²) in [6, 6.07) is 13.8. The molecule has 0 N–H and O–H groups in total. The number of rotatable bonds is 2. The fourth-order valence-electron chi connectivity index (χ4n) is 3.03. The molecule has 0 aliphatic carbocycles. The molecule has 0 aromatic heterocycles. The van der Waals surface area contributed by atoms with Crippen LogP contribution in [0.25, 0.3) is 0 Å². The summed E-state index contributed by atoms with van der Waals surface area (Å²) in [7, 11) is 0. The zero-order valence-corrected chi connectivity index (χ0v) is 12.6. The third kappa shape index (κ3) is 2.69. The van der Waals surface area contributed by atoms with E-state index in [1.54, 1.807) is 24.0 Å². The van der Waals surface area contributed by atoms with Gasteiger partial charge in [0.15, 0.2) is 0 Å². The Hall–Kier alpha value is -2.36. The van der Waals surface area contributed by atoms with Gasteiger partial charge in [-0.15, -0.1) is 0 Å². The smallest absolute Gasteiger partial charge is 0.224 e. The maximum atomic E-state index is 13.0. The minimum absolute atomic E-state index is 0.0279. The molecule has 0 fully saturated rings. The average molecular weight is 299 g/mol. The van der Waals surface area contributed by atoms with Gasteiger partial charge in [-0.1, -0.05) is 18.2 Å². The fourth-order valence-corrected chi connectivity index (χ4v) is 3.03. The van der Waals surface area contributed by atoms with E-state index in [0.717, 1.165) is 11.3 Å². The number of amides is 1. The van der Waals surface area contributed by atoms with Gasteiger partial charge in [0, 0.05) is 24.9 Å². The van der Waals surface area contributed by atoms with Gasteiger partial charge in [-0.05, 0) is 37.3 Å². The quantitative estimate of drug-likeness (QED) is 0.836. The fraction of sp³-hybridized carbons (Fsp3) is 0.278. The Labute approximate surface area is 129 Å². The Balaban J connectivity index is 1.94. The Bertz CT molecular complexity index is 684. The van der Waals surface area contributed by atoms with E-state index in [4.69, 9.17) is 4.74 Å². The molecule has 3 rings (SSSR count). The average Bonchev–Trinajstić information content (AvgIpc) is 2.49. The molecule has 0 bridgehead atoms. The monoisotopic (exact) mass is 299 g/mol. The van der Waals surface area contributed by atoms with Crippen LogP contribution in [-0.4, -0.2) is 11.9 Å². The number of ether oxygens (including phenoxy) is 1. The molecule has 0 radical (unpaired) electrons. The van der Waals surface area contributed by atoms with Gasteiger partial charge in [0.25, 0.3) is 0 Å². The molecule has 2 aromatic carbocycles. The van der Waals surface area contributed by atoms with Crippen molar-refractivity contribution in [3.8, 4) is 5.75 Å². The van der Waals surface area contributed by atoms with Crippen molar-refractivity contribution < 1.29 is 13.9 Å². The molecule has 22 heavy (non-hydrogen) atoms. The first-order chi connectivity index (χ1) is 10.6. The van der Waals surface area contributed by atoms with Crippen molar-refractivity contribution in [1.29, 1.82) is 0 Å². The van der Waals surface area contributed by atoms with Crippen molar-refractivity contribution in [2.45, 2.75) is 32.4 Å². The molecular weight excluding hydrogens is 281 g/mol. The number of halogens is 1. The van der Waals surface area contributed by atoms with Gasteiger partial charge in [-0.2, -0.15) is 0 Å². The normalized spacial score (nSPS) is 20.4. The highest BCUT2D eigenvalue weighted by molar-refractivity contribution is 5.93. The van der Waals surface area contributed by atoms with Crippen molar-refractivity contribution in [2.24, 2.45) is 0 Å². The lowest BCUT2D eigenvalue weighted by Crippen LogP contribution is -2.42. The second-order valence-corrected chi connectivity index (χ2v) is 5.59. The van der Waals surface area contributed by atoms with Crippen LogP contribution in [0, 0.1) is 5.82 Å². The van der Waals surface area contributed by atoms with Crippen LogP contribution in [0.2, 0.25) is 0 Å². The van der Waals surface area contributed by atoms with Crippen molar-refractivity contribution in [3.63, 3.8) is 0 Å². The number of anilines is 1. The zero-order valence-electron chi connectivity index (χ0n) is 12.6. The number of hydrogen-bond donors (Lipinski definition) is 0. The first-order valence-electron chi connectivity index (χ1n) is 7.37. The molecule has 1 aliphatic heterocycles. The molecule has 1 aliphatic rings. The van der Waals surface area contributed by atoms with E-state index in [9.17, 15) is 9.18 Å². The van der Waals surface area contributed by atoms with Gasteiger partial charge in [-0.3, -0.25) is 4.79 Å². The summed E-state index contributed by atoms with van der Waals surface area (Å²) in [4.78, 5) is 13.7. The minimum atomic E-state index is -0.285. The Morgan fingerprint density at radius 3 is 2.55 bits per heavy atom. The van der Waals surface area contributed by atoms with Gasteiger partial charge in [-0.25, -0.2) is 4.39 Å². The van der Waals surface area contributed by atoms with Gasteiger partial charge >= 0.3 is 0 Å². The van der Waals surface area contributed by atoms with Gasteiger partial charge in [0.2, 0.25) is 5.91 Å². The summed E-state index contributed by atoms with van der Waals surface area (Å²) >= 11 is 0. The lowest BCUT2D eigenvalue weighted by molar-refractivity contribution is -0.117. The zero-order chi connectivity index (χ0) is 15.7. The topological polar surface area (TPSA) is 29.5 Å². The second kappa shape index (κ2) is 5.79. The molecule has 1 amide bonds. The number of carbonyl (C=O) groups excluding carboxylic acids is 1. The standard InChI is InChI=1S/C18H18FNO2/c1-12-11-18(22-15-9-7-14(19)8-10-15)16-5-3-4-6-17(16)20(12)13(2)21/h3-10,12,18H,11H2,1-2H3/t12-,18+/m1/s1. The first kappa shape index (κ1) is 14.6. The molecular formula is C18H18FNO2. The number of nitrogens with zero attached hydrogens (tertiary/aromatic N) is 1. The van der Waals surface area contributed by atoms with Gasteiger partial charge < -0.3 is 9.64 Å². The SMILES string of the molecule is CC(=O)N1c2ccccc2[C@@H](Oc2ccc(F)cc2)C[C@H]1C. The highest BCUT2D eigenvalue weighted by Crippen LogP contribution is 2.39. The van der Waals surface area contributed by atoms with Crippen LogP contribution in [0.5, 0.6) is 5.75 Å². The summed E-state index contributed by atoms with van der Waals surface area (Å²) in [5.41, 5.74) is 1.88. The maximum absolute atomic E-state index is 13.0. The van der Waals surface area contributed by atoms with Crippen LogP contribution in [0.4, 0.5) is 10.1 Å². The Morgan fingerprint density at radius 1 is 1.18 bits per heavy atom. The Kier molecular flexibility index (Phi) is 3.84. The minimum Gasteiger partial charge on any atom is -0.486 e. The first-order valence-corrected chi connectivity index (χ1v) is 7.37. The van der Waals surface area contributed by atoms with Crippen molar-refractivity contribution >= 4 is 11.6 Å². The van der Waals surface area contributed by atoms with E-state index in [1.807, 2.05) is 31.2 Å². The molecule has 4 heteroatoms. The third-order valence-corrected chi connectivity index (χ3v) is 3.97. The van der Waals surface area contributed by atoms with Gasteiger partial charge in [0.1, 0.15) is 17.7 Å². The number of carbonyl (C=O) groups is 1. The summed E-state index contributed by atoms with van der Waals surface area (Å²) in [5, 5.41) is 0. The highest BCUT2D eigenvalue weighted by Gasteiger charge is 2.33. The summed E-state index contributed by atoms with van der Waals surface area (Å²) < 4.78 is 19.0. The molecule has 2 atom stereocenters. The Morgan fingerprint density at radius 2 is 1.86 bits per heavy atom. The van der Waals surface area contributed by atoms with Crippen LogP contribution in [0.1, 0.15) is 31.9 Å². The largest absolute Gasteiger partial charge is 0.486 e. The third-order valence-electron chi connectivity index (χ3n) is 3.97. The number of benzene rings is 2. The van der Waals surface area contributed by atoms with Crippen LogP contribution in [0.15, 0.2) is 48.5 Å². The van der Waals surface area contributed by atoms with E-state index in [-0.39, 0.29) is 23.9 Å². The van der Waals surface area contributed by atoms with Crippen LogP contribution < -0.4 is 9.64 Å². The molecule has 0 spiro atoms. The molecule has 0 saturated carbocycles. The van der Waals surface area contributed by atoms with Gasteiger partial charge in [0.05, 0.1) is 5.69 Å². The van der Waals surface area contributed by atoms with Crippen molar-refractivity contribution in [2.75, 3.05) is 4.90 Å². The van der Waals surface area contributed by atoms with E-state index < -0.39 is 0 Å². The van der Waals surface area contributed by atoms with E-state index in [2.05, 4.69) is 0 Å². The summed E-state index contributed by atoms with van der Waals surface area (Å²) in [6.07, 6.45) is 0.556. The van der Waals surface area contributed by atoms with Crippen LogP contribution >= 0.6 is 0 Å². The predicted molar refractivity (Wildman–Crippen MR) is 83.5 cm³/mol. The lowest BCUT2D eigenvalue weighted by Gasteiger charge is -2.38. The lowest BCUT2D eigenvalue weighted by atomic mass is 9.93. The van der Waals surface area contributed by atoms with Crippen molar-refractivity contribution in [3.05, 3.63) is 59.9 Å². The van der Waals surface area contributed by atoms with Crippen molar-refractivity contribution in [1.82, 2.24) is 0 Å². The van der Waals surface area contributed by atoms with E-state index >= 15 is 0 Å². The highest BCUT2D eigenvalue weighted by atomic mass is 19.1. The molecule has 114 valence electrons. The van der Waals surface area contributed by atoms with E-state index in [0.29, 0.717) is 12.2 Å². The number of para-hydroxylation sites is 1. The number of hydrogen-bond acceptors (Lipinski definition) is 2. The molecule has 0 saturated heterocycles. The second-order valence-electron chi connectivity index (χ2n) is 5.59. The maximum Gasteiger partial charge on any atom is 0.224 e.